The fourth-order valence-electron chi connectivity index (χ4n) is 2.23. The standard InChI is InChI=1S/C16H12N2/c17-11-13-6-7-16-14(10-13)4-3-5-15(16)12-18-8-1-2-9-18/h1-10H,12H2. The van der Waals surface area contributed by atoms with E-state index in [1.165, 1.54) is 10.9 Å². The van der Waals surface area contributed by atoms with Crippen molar-refractivity contribution in [3.8, 4) is 6.07 Å². The molecule has 86 valence electrons. The summed E-state index contributed by atoms with van der Waals surface area (Å²) in [5.41, 5.74) is 1.98. The Morgan fingerprint density at radius 1 is 1.00 bits per heavy atom. The highest BCUT2D eigenvalue weighted by molar-refractivity contribution is 5.86. The first-order valence-corrected chi connectivity index (χ1v) is 5.89. The molecule has 0 aliphatic rings. The summed E-state index contributed by atoms with van der Waals surface area (Å²) in [6.45, 7) is 0.857. The molecule has 0 unspecified atom stereocenters. The molecule has 0 fully saturated rings. The molecular formula is C16H12N2. The first-order chi connectivity index (χ1) is 8.86. The van der Waals surface area contributed by atoms with Gasteiger partial charge in [0.15, 0.2) is 0 Å². The van der Waals surface area contributed by atoms with Crippen LogP contribution in [0, 0.1) is 11.3 Å². The summed E-state index contributed by atoms with van der Waals surface area (Å²) >= 11 is 0. The van der Waals surface area contributed by atoms with Crippen LogP contribution in [0.4, 0.5) is 0 Å². The van der Waals surface area contributed by atoms with Gasteiger partial charge in [-0.05, 0) is 40.6 Å². The molecule has 0 spiro atoms. The summed E-state index contributed by atoms with van der Waals surface area (Å²) in [4.78, 5) is 0. The normalized spacial score (nSPS) is 10.4. The van der Waals surface area contributed by atoms with Crippen molar-refractivity contribution in [3.05, 3.63) is 72.1 Å². The van der Waals surface area contributed by atoms with Crippen LogP contribution < -0.4 is 0 Å². The number of aromatic nitrogens is 1. The van der Waals surface area contributed by atoms with E-state index in [9.17, 15) is 0 Å². The maximum Gasteiger partial charge on any atom is 0.0991 e. The first-order valence-electron chi connectivity index (χ1n) is 5.89. The molecule has 0 aliphatic heterocycles. The Hall–Kier alpha value is -2.53. The number of rotatable bonds is 2. The molecule has 2 nitrogen and oxygen atoms in total. The van der Waals surface area contributed by atoms with Gasteiger partial charge in [0.2, 0.25) is 0 Å². The maximum atomic E-state index is 8.92. The zero-order chi connectivity index (χ0) is 12.4. The number of hydrogen-bond donors (Lipinski definition) is 0. The third kappa shape index (κ3) is 1.87. The largest absolute Gasteiger partial charge is 0.350 e. The Morgan fingerprint density at radius 3 is 2.61 bits per heavy atom. The fourth-order valence-corrected chi connectivity index (χ4v) is 2.23. The summed E-state index contributed by atoms with van der Waals surface area (Å²) in [7, 11) is 0. The summed E-state index contributed by atoms with van der Waals surface area (Å²) in [6.07, 6.45) is 4.12. The highest BCUT2D eigenvalue weighted by Crippen LogP contribution is 2.21. The van der Waals surface area contributed by atoms with E-state index in [0.717, 1.165) is 11.9 Å². The van der Waals surface area contributed by atoms with Gasteiger partial charge in [-0.2, -0.15) is 5.26 Å². The van der Waals surface area contributed by atoms with Crippen molar-refractivity contribution in [2.45, 2.75) is 6.54 Å². The molecule has 3 aromatic rings. The van der Waals surface area contributed by atoms with Crippen molar-refractivity contribution in [2.24, 2.45) is 0 Å². The lowest BCUT2D eigenvalue weighted by Crippen LogP contribution is -1.96. The Balaban J connectivity index is 2.10. The van der Waals surface area contributed by atoms with Crippen LogP contribution in [0.2, 0.25) is 0 Å². The Labute approximate surface area is 106 Å². The van der Waals surface area contributed by atoms with Crippen molar-refractivity contribution in [1.29, 1.82) is 5.26 Å². The smallest absolute Gasteiger partial charge is 0.0991 e. The van der Waals surface area contributed by atoms with E-state index in [1.807, 2.05) is 36.4 Å². The Kier molecular flexibility index (Phi) is 2.59. The van der Waals surface area contributed by atoms with Crippen LogP contribution in [0.1, 0.15) is 11.1 Å². The van der Waals surface area contributed by atoms with E-state index >= 15 is 0 Å². The van der Waals surface area contributed by atoms with Crippen molar-refractivity contribution in [1.82, 2.24) is 4.57 Å². The molecule has 0 saturated carbocycles. The molecule has 0 saturated heterocycles. The van der Waals surface area contributed by atoms with Crippen LogP contribution in [0.3, 0.4) is 0 Å². The van der Waals surface area contributed by atoms with Gasteiger partial charge in [-0.1, -0.05) is 24.3 Å². The molecule has 0 aliphatic carbocycles. The minimum atomic E-state index is 0.709. The summed E-state index contributed by atoms with van der Waals surface area (Å²) < 4.78 is 2.15. The molecule has 0 radical (unpaired) electrons. The first kappa shape index (κ1) is 10.6. The summed E-state index contributed by atoms with van der Waals surface area (Å²) in [6, 6.07) is 18.3. The van der Waals surface area contributed by atoms with Crippen LogP contribution in [-0.2, 0) is 6.54 Å². The monoisotopic (exact) mass is 232 g/mol. The van der Waals surface area contributed by atoms with Gasteiger partial charge >= 0.3 is 0 Å². The van der Waals surface area contributed by atoms with Gasteiger partial charge in [-0.15, -0.1) is 0 Å². The van der Waals surface area contributed by atoms with Crippen LogP contribution in [-0.4, -0.2) is 4.57 Å². The molecule has 0 N–H and O–H groups in total. The molecule has 1 aromatic heterocycles. The lowest BCUT2D eigenvalue weighted by molar-refractivity contribution is 0.812. The second kappa shape index (κ2) is 4.38. The molecule has 1 heterocycles. The number of fused-ring (bicyclic) bond motifs is 1. The van der Waals surface area contributed by atoms with E-state index in [4.69, 9.17) is 5.26 Å². The van der Waals surface area contributed by atoms with Crippen molar-refractivity contribution in [3.63, 3.8) is 0 Å². The molecule has 3 rings (SSSR count). The van der Waals surface area contributed by atoms with Gasteiger partial charge in [-0.3, -0.25) is 0 Å². The minimum absolute atomic E-state index is 0.709. The van der Waals surface area contributed by atoms with E-state index in [2.05, 4.69) is 35.2 Å². The van der Waals surface area contributed by atoms with Gasteiger partial charge in [-0.25, -0.2) is 0 Å². The third-order valence-corrected chi connectivity index (χ3v) is 3.12. The van der Waals surface area contributed by atoms with Gasteiger partial charge in [0.05, 0.1) is 11.6 Å². The predicted octanol–water partition coefficient (Wildman–Crippen LogP) is 3.56. The van der Waals surface area contributed by atoms with Crippen molar-refractivity contribution < 1.29 is 0 Å². The predicted molar refractivity (Wildman–Crippen MR) is 72.2 cm³/mol. The van der Waals surface area contributed by atoms with Crippen LogP contribution in [0.15, 0.2) is 60.9 Å². The lowest BCUT2D eigenvalue weighted by Gasteiger charge is -2.08. The average molecular weight is 232 g/mol. The molecule has 0 atom stereocenters. The van der Waals surface area contributed by atoms with Gasteiger partial charge in [0.25, 0.3) is 0 Å². The Bertz CT molecular complexity index is 718. The number of nitriles is 1. The van der Waals surface area contributed by atoms with Gasteiger partial charge < -0.3 is 4.57 Å². The third-order valence-electron chi connectivity index (χ3n) is 3.12. The highest BCUT2D eigenvalue weighted by Gasteiger charge is 2.02. The molecule has 18 heavy (non-hydrogen) atoms. The minimum Gasteiger partial charge on any atom is -0.350 e. The fraction of sp³-hybridized carbons (Fsp3) is 0.0625. The number of benzene rings is 2. The van der Waals surface area contributed by atoms with Crippen LogP contribution >= 0.6 is 0 Å². The van der Waals surface area contributed by atoms with E-state index < -0.39 is 0 Å². The molecule has 2 heteroatoms. The molecule has 2 aromatic carbocycles. The zero-order valence-corrected chi connectivity index (χ0v) is 9.88. The molecule has 0 amide bonds. The van der Waals surface area contributed by atoms with Crippen LogP contribution in [0.25, 0.3) is 10.8 Å². The van der Waals surface area contributed by atoms with Crippen LogP contribution in [0.5, 0.6) is 0 Å². The molecular weight excluding hydrogens is 220 g/mol. The number of hydrogen-bond acceptors (Lipinski definition) is 1. The van der Waals surface area contributed by atoms with Gasteiger partial charge in [0.1, 0.15) is 0 Å². The topological polar surface area (TPSA) is 28.7 Å². The zero-order valence-electron chi connectivity index (χ0n) is 9.88. The van der Waals surface area contributed by atoms with E-state index in [1.54, 1.807) is 0 Å². The number of nitrogens with zero attached hydrogens (tertiary/aromatic N) is 2. The highest BCUT2D eigenvalue weighted by atomic mass is 14.9. The quantitative estimate of drug-likeness (QED) is 0.664. The lowest BCUT2D eigenvalue weighted by atomic mass is 10.0. The van der Waals surface area contributed by atoms with Crippen molar-refractivity contribution >= 4 is 10.8 Å². The second-order valence-corrected chi connectivity index (χ2v) is 4.32. The van der Waals surface area contributed by atoms with E-state index in [-0.39, 0.29) is 0 Å². The van der Waals surface area contributed by atoms with E-state index in [0.29, 0.717) is 5.56 Å². The van der Waals surface area contributed by atoms with Gasteiger partial charge in [0, 0.05) is 18.9 Å². The SMILES string of the molecule is N#Cc1ccc2c(Cn3cccc3)cccc2c1. The average Bonchev–Trinajstić information content (AvgIpc) is 2.91. The van der Waals surface area contributed by atoms with Crippen molar-refractivity contribution in [2.75, 3.05) is 0 Å². The summed E-state index contributed by atoms with van der Waals surface area (Å²) in [5, 5.41) is 11.3. The Morgan fingerprint density at radius 2 is 1.83 bits per heavy atom. The molecule has 0 bridgehead atoms. The summed E-state index contributed by atoms with van der Waals surface area (Å²) in [5.74, 6) is 0. The second-order valence-electron chi connectivity index (χ2n) is 4.32. The maximum absolute atomic E-state index is 8.92.